The second-order valence-corrected chi connectivity index (χ2v) is 8.79. The average Bonchev–Trinajstić information content (AvgIpc) is 2.92. The predicted molar refractivity (Wildman–Crippen MR) is 154 cm³/mol. The molecule has 0 saturated heterocycles. The molecule has 0 aliphatic heterocycles. The molecule has 0 fully saturated rings. The molecule has 0 aromatic carbocycles. The molecule has 0 aliphatic carbocycles. The molecule has 0 rings (SSSR count). The van der Waals surface area contributed by atoms with Crippen LogP contribution in [0.15, 0.2) is 0 Å². The quantitative estimate of drug-likeness (QED) is 0.0705. The van der Waals surface area contributed by atoms with Crippen molar-refractivity contribution in [2.45, 2.75) is 94.8 Å². The van der Waals surface area contributed by atoms with Crippen molar-refractivity contribution in [1.82, 2.24) is 0 Å². The van der Waals surface area contributed by atoms with Gasteiger partial charge in [0.15, 0.2) is 0 Å². The highest BCUT2D eigenvalue weighted by atomic mass is 16.4. The van der Waals surface area contributed by atoms with Crippen molar-refractivity contribution in [3.8, 4) is 0 Å². The van der Waals surface area contributed by atoms with Gasteiger partial charge in [-0.1, -0.05) is 12.8 Å². The lowest BCUT2D eigenvalue weighted by atomic mass is 10.1. The van der Waals surface area contributed by atoms with E-state index in [2.05, 4.69) is 0 Å². The van der Waals surface area contributed by atoms with Gasteiger partial charge in [0.25, 0.3) is 0 Å². The van der Waals surface area contributed by atoms with Crippen LogP contribution in [0.3, 0.4) is 0 Å². The lowest BCUT2D eigenvalue weighted by Crippen LogP contribution is -2.39. The SMILES string of the molecule is C[C@@H](O)[C@H](N)C(=O)O.C[C@@H](O)[C@H](N)C(=O)O.NCCCC[C@H](N)C(=O)O.NCCCC[C@H](N)C(=O)O.N[C@@H](CO)C(=O)O. The Morgan fingerprint density at radius 3 is 0.860 bits per heavy atom. The fourth-order valence-electron chi connectivity index (χ4n) is 1.75. The second-order valence-electron chi connectivity index (χ2n) is 8.79. The van der Waals surface area contributed by atoms with Gasteiger partial charge >= 0.3 is 29.8 Å². The first-order valence-corrected chi connectivity index (χ1v) is 12.9. The van der Waals surface area contributed by atoms with Crippen LogP contribution in [0, 0.1) is 0 Å². The molecule has 0 aromatic rings. The Kier molecular flexibility index (Phi) is 36.8. The van der Waals surface area contributed by atoms with Gasteiger partial charge in [-0.25, -0.2) is 0 Å². The molecule has 22 N–H and O–H groups in total. The summed E-state index contributed by atoms with van der Waals surface area (Å²) in [5.74, 6) is -5.41. The Labute approximate surface area is 249 Å². The molecule has 0 heterocycles. The second kappa shape index (κ2) is 31.9. The summed E-state index contributed by atoms with van der Waals surface area (Å²) in [6.07, 6.45) is 2.37. The monoisotopic (exact) mass is 635 g/mol. The number of carboxylic acid groups (broad SMARTS) is 5. The van der Waals surface area contributed by atoms with Crippen LogP contribution >= 0.6 is 0 Å². The van der Waals surface area contributed by atoms with Gasteiger partial charge < -0.3 is 81.0 Å². The molecule has 0 aromatic heterocycles. The normalized spacial score (nSPS) is 14.7. The molecule has 0 bridgehead atoms. The minimum absolute atomic E-state index is 0.505. The first-order chi connectivity index (χ1) is 19.6. The number of carbonyl (C=O) groups is 5. The molecular weight excluding hydrogens is 582 g/mol. The van der Waals surface area contributed by atoms with Crippen molar-refractivity contribution >= 4 is 29.8 Å². The van der Waals surface area contributed by atoms with Crippen LogP contribution in [0.2, 0.25) is 0 Å². The van der Waals surface area contributed by atoms with E-state index in [1.807, 2.05) is 0 Å². The Morgan fingerprint density at radius 2 is 0.767 bits per heavy atom. The molecule has 20 heteroatoms. The first kappa shape index (κ1) is 49.6. The third-order valence-electron chi connectivity index (χ3n) is 4.70. The van der Waals surface area contributed by atoms with Gasteiger partial charge in [-0.3, -0.25) is 24.0 Å². The number of rotatable bonds is 16. The lowest BCUT2D eigenvalue weighted by Gasteiger charge is -2.07. The summed E-state index contributed by atoms with van der Waals surface area (Å²) in [5.41, 5.74) is 35.4. The van der Waals surface area contributed by atoms with Gasteiger partial charge in [0.05, 0.1) is 18.8 Å². The third kappa shape index (κ3) is 39.0. The smallest absolute Gasteiger partial charge is 0.323 e. The van der Waals surface area contributed by atoms with E-state index in [-0.39, 0.29) is 0 Å². The van der Waals surface area contributed by atoms with Crippen molar-refractivity contribution in [1.29, 1.82) is 0 Å². The van der Waals surface area contributed by atoms with Gasteiger partial charge in [-0.2, -0.15) is 0 Å². The van der Waals surface area contributed by atoms with Crippen LogP contribution in [0.4, 0.5) is 0 Å². The zero-order chi connectivity index (χ0) is 35.3. The zero-order valence-corrected chi connectivity index (χ0v) is 24.6. The highest BCUT2D eigenvalue weighted by Gasteiger charge is 2.17. The van der Waals surface area contributed by atoms with E-state index >= 15 is 0 Å². The summed E-state index contributed by atoms with van der Waals surface area (Å²) in [4.78, 5) is 49.6. The molecule has 0 amide bonds. The molecule has 7 atom stereocenters. The maximum Gasteiger partial charge on any atom is 0.323 e. The van der Waals surface area contributed by atoms with E-state index in [4.69, 9.17) is 81.0 Å². The Morgan fingerprint density at radius 1 is 0.512 bits per heavy atom. The molecule has 0 radical (unpaired) electrons. The summed E-state index contributed by atoms with van der Waals surface area (Å²) in [5, 5.41) is 65.7. The van der Waals surface area contributed by atoms with Crippen LogP contribution in [0.1, 0.15) is 52.4 Å². The van der Waals surface area contributed by atoms with Crippen molar-refractivity contribution < 1.29 is 64.8 Å². The van der Waals surface area contributed by atoms with Crippen LogP contribution in [-0.2, 0) is 24.0 Å². The molecule has 43 heavy (non-hydrogen) atoms. The molecule has 0 aliphatic rings. The molecule has 258 valence electrons. The summed E-state index contributed by atoms with van der Waals surface area (Å²) >= 11 is 0. The number of nitrogens with two attached hydrogens (primary N) is 7. The van der Waals surface area contributed by atoms with E-state index < -0.39 is 78.9 Å². The van der Waals surface area contributed by atoms with Gasteiger partial charge in [0.2, 0.25) is 0 Å². The fourth-order valence-corrected chi connectivity index (χ4v) is 1.75. The van der Waals surface area contributed by atoms with Gasteiger partial charge in [0.1, 0.15) is 30.2 Å². The van der Waals surface area contributed by atoms with Crippen LogP contribution < -0.4 is 40.1 Å². The van der Waals surface area contributed by atoms with E-state index in [1.54, 1.807) is 0 Å². The highest BCUT2D eigenvalue weighted by Crippen LogP contribution is 1.97. The predicted octanol–water partition coefficient (Wildman–Crippen LogP) is -5.00. The number of aliphatic carboxylic acids is 5. The largest absolute Gasteiger partial charge is 0.480 e. The zero-order valence-electron chi connectivity index (χ0n) is 24.6. The fraction of sp³-hybridized carbons (Fsp3) is 0.783. The van der Waals surface area contributed by atoms with E-state index in [0.717, 1.165) is 25.7 Å². The summed E-state index contributed by atoms with van der Waals surface area (Å²) in [7, 11) is 0. The maximum absolute atomic E-state index is 10.1. The molecular formula is C23H53N7O13. The summed E-state index contributed by atoms with van der Waals surface area (Å²) < 4.78 is 0. The highest BCUT2D eigenvalue weighted by molar-refractivity contribution is 5.74. The van der Waals surface area contributed by atoms with Crippen molar-refractivity contribution in [3.05, 3.63) is 0 Å². The van der Waals surface area contributed by atoms with Crippen LogP contribution in [0.5, 0.6) is 0 Å². The number of hydrogen-bond acceptors (Lipinski definition) is 15. The van der Waals surface area contributed by atoms with Gasteiger partial charge in [-0.15, -0.1) is 0 Å². The minimum atomic E-state index is -1.18. The number of carboxylic acids is 5. The van der Waals surface area contributed by atoms with E-state index in [1.165, 1.54) is 13.8 Å². The number of aliphatic hydroxyl groups excluding tert-OH is 3. The minimum Gasteiger partial charge on any atom is -0.480 e. The lowest BCUT2D eigenvalue weighted by molar-refractivity contribution is -0.141. The third-order valence-corrected chi connectivity index (χ3v) is 4.70. The van der Waals surface area contributed by atoms with Gasteiger partial charge in [-0.05, 0) is 52.6 Å². The maximum atomic E-state index is 10.1. The topological polar surface area (TPSA) is 429 Å². The Balaban J connectivity index is -0.000000141. The van der Waals surface area contributed by atoms with Crippen LogP contribution in [0.25, 0.3) is 0 Å². The summed E-state index contributed by atoms with van der Waals surface area (Å²) in [6.45, 7) is 3.37. The van der Waals surface area contributed by atoms with Crippen molar-refractivity contribution in [2.24, 2.45) is 40.1 Å². The van der Waals surface area contributed by atoms with E-state index in [9.17, 15) is 24.0 Å². The summed E-state index contributed by atoms with van der Waals surface area (Å²) in [6, 6.07) is -4.87. The number of aliphatic hydroxyl groups is 3. The number of unbranched alkanes of at least 4 members (excludes halogenated alkanes) is 2. The Bertz CT molecular complexity index is 696. The molecule has 0 spiro atoms. The molecule has 20 nitrogen and oxygen atoms in total. The average molecular weight is 636 g/mol. The molecule has 0 unspecified atom stereocenters. The van der Waals surface area contributed by atoms with Crippen LogP contribution in [-0.4, -0.2) is 133 Å². The van der Waals surface area contributed by atoms with Crippen molar-refractivity contribution in [3.63, 3.8) is 0 Å². The number of hydrogen-bond donors (Lipinski definition) is 15. The van der Waals surface area contributed by atoms with Gasteiger partial charge in [0, 0.05) is 0 Å². The Hall–Kier alpha value is -3.05. The standard InChI is InChI=1S/2C6H14N2O2.2C4H9NO3.C3H7NO3/c2*7-4-2-1-3-5(8)6(9)10;2*1-2(6)3(5)4(7)8;4-2(1-5)3(6)7/h2*5H,1-4,7-8H2,(H,9,10);2*2-3,6H,5H2,1H3,(H,7,8);2,5H,1,4H2,(H,6,7)/t2*5-;2*2-,3+;2-/m00110/s1. The molecule has 0 saturated carbocycles. The first-order valence-electron chi connectivity index (χ1n) is 12.9. The van der Waals surface area contributed by atoms with Crippen molar-refractivity contribution in [2.75, 3.05) is 19.7 Å². The van der Waals surface area contributed by atoms with E-state index in [0.29, 0.717) is 25.9 Å².